The first-order valence-electron chi connectivity index (χ1n) is 9.10. The van der Waals surface area contributed by atoms with Gasteiger partial charge in [-0.05, 0) is 27.2 Å². The Hall–Kier alpha value is -1.63. The predicted octanol–water partition coefficient (Wildman–Crippen LogP) is 0.731. The third-order valence-electron chi connectivity index (χ3n) is 4.96. The van der Waals surface area contributed by atoms with Crippen LogP contribution in [0.15, 0.2) is 0 Å². The summed E-state index contributed by atoms with van der Waals surface area (Å²) in [7, 11) is 1.58. The monoisotopic (exact) mass is 353 g/mol. The summed E-state index contributed by atoms with van der Waals surface area (Å²) < 4.78 is 4.96. The van der Waals surface area contributed by atoms with Crippen molar-refractivity contribution in [1.82, 2.24) is 14.7 Å². The highest BCUT2D eigenvalue weighted by Crippen LogP contribution is 2.27. The van der Waals surface area contributed by atoms with Crippen molar-refractivity contribution >= 4 is 17.7 Å². The maximum atomic E-state index is 12.8. The molecule has 2 saturated heterocycles. The van der Waals surface area contributed by atoms with E-state index < -0.39 is 0 Å². The zero-order chi connectivity index (χ0) is 18.6. The molecule has 2 heterocycles. The normalized spacial score (nSPS) is 22.3. The lowest BCUT2D eigenvalue weighted by molar-refractivity contribution is -0.136. The number of ether oxygens (including phenoxy) is 1. The van der Waals surface area contributed by atoms with Gasteiger partial charge in [-0.1, -0.05) is 0 Å². The molecule has 1 unspecified atom stereocenters. The maximum absolute atomic E-state index is 12.8. The Morgan fingerprint density at radius 2 is 1.76 bits per heavy atom. The van der Waals surface area contributed by atoms with Gasteiger partial charge in [0, 0.05) is 51.8 Å². The topological polar surface area (TPSA) is 70.2 Å². The Balaban J connectivity index is 1.91. The SMILES string of the molecule is COCCC(=O)N1CCCN(C(=O)C2CC(=O)N(C(C)(C)C)C2)CC1. The van der Waals surface area contributed by atoms with Crippen molar-refractivity contribution in [1.29, 1.82) is 0 Å². The second-order valence-electron chi connectivity index (χ2n) is 7.88. The van der Waals surface area contributed by atoms with E-state index in [-0.39, 0.29) is 29.2 Å². The third kappa shape index (κ3) is 4.93. The molecule has 2 fully saturated rings. The first-order valence-corrected chi connectivity index (χ1v) is 9.10. The molecule has 0 N–H and O–H groups in total. The quantitative estimate of drug-likeness (QED) is 0.747. The van der Waals surface area contributed by atoms with E-state index in [1.165, 1.54) is 0 Å². The highest BCUT2D eigenvalue weighted by atomic mass is 16.5. The minimum absolute atomic E-state index is 0.0475. The van der Waals surface area contributed by atoms with Gasteiger partial charge in [0.15, 0.2) is 0 Å². The Labute approximate surface area is 150 Å². The van der Waals surface area contributed by atoms with Crippen molar-refractivity contribution in [3.05, 3.63) is 0 Å². The molecule has 0 aromatic carbocycles. The van der Waals surface area contributed by atoms with Crippen LogP contribution in [0.3, 0.4) is 0 Å². The molecule has 7 nitrogen and oxygen atoms in total. The molecular formula is C18H31N3O4. The van der Waals surface area contributed by atoms with Gasteiger partial charge in [-0.15, -0.1) is 0 Å². The second-order valence-corrected chi connectivity index (χ2v) is 7.88. The van der Waals surface area contributed by atoms with Crippen molar-refractivity contribution in [2.45, 2.75) is 45.6 Å². The van der Waals surface area contributed by atoms with E-state index in [1.807, 2.05) is 30.6 Å². The number of carbonyl (C=O) groups excluding carboxylic acids is 3. The van der Waals surface area contributed by atoms with E-state index in [4.69, 9.17) is 4.74 Å². The number of rotatable bonds is 4. The van der Waals surface area contributed by atoms with Gasteiger partial charge >= 0.3 is 0 Å². The van der Waals surface area contributed by atoms with Crippen LogP contribution in [0.25, 0.3) is 0 Å². The van der Waals surface area contributed by atoms with E-state index in [0.29, 0.717) is 52.2 Å². The number of hydrogen-bond acceptors (Lipinski definition) is 4. The number of hydrogen-bond donors (Lipinski definition) is 0. The zero-order valence-electron chi connectivity index (χ0n) is 15.9. The van der Waals surface area contributed by atoms with Crippen molar-refractivity contribution in [2.24, 2.45) is 5.92 Å². The Morgan fingerprint density at radius 3 is 2.36 bits per heavy atom. The van der Waals surface area contributed by atoms with Gasteiger partial charge in [0.1, 0.15) is 0 Å². The fraction of sp³-hybridized carbons (Fsp3) is 0.833. The number of amides is 3. The molecule has 2 rings (SSSR count). The minimum Gasteiger partial charge on any atom is -0.384 e. The Morgan fingerprint density at radius 1 is 1.12 bits per heavy atom. The number of nitrogens with zero attached hydrogens (tertiary/aromatic N) is 3. The van der Waals surface area contributed by atoms with Crippen LogP contribution in [0, 0.1) is 5.92 Å². The average Bonchev–Trinajstić information content (AvgIpc) is 2.79. The average molecular weight is 353 g/mol. The molecule has 7 heteroatoms. The van der Waals surface area contributed by atoms with Crippen LogP contribution < -0.4 is 0 Å². The van der Waals surface area contributed by atoms with Gasteiger partial charge in [-0.3, -0.25) is 14.4 Å². The smallest absolute Gasteiger partial charge is 0.228 e. The van der Waals surface area contributed by atoms with Gasteiger partial charge in [0.2, 0.25) is 17.7 Å². The van der Waals surface area contributed by atoms with Crippen molar-refractivity contribution in [2.75, 3.05) is 46.4 Å². The molecule has 2 aliphatic rings. The van der Waals surface area contributed by atoms with E-state index in [0.717, 1.165) is 6.42 Å². The molecule has 25 heavy (non-hydrogen) atoms. The van der Waals surface area contributed by atoms with Crippen LogP contribution in [-0.2, 0) is 19.1 Å². The first kappa shape index (κ1) is 19.7. The summed E-state index contributed by atoms with van der Waals surface area (Å²) in [6.45, 7) is 9.30. The van der Waals surface area contributed by atoms with Gasteiger partial charge in [0.05, 0.1) is 18.9 Å². The summed E-state index contributed by atoms with van der Waals surface area (Å²) in [4.78, 5) is 42.6. The van der Waals surface area contributed by atoms with Crippen LogP contribution in [0.1, 0.15) is 40.0 Å². The maximum Gasteiger partial charge on any atom is 0.228 e. The molecule has 0 aromatic rings. The van der Waals surface area contributed by atoms with Gasteiger partial charge in [-0.25, -0.2) is 0 Å². The molecule has 2 aliphatic heterocycles. The molecule has 0 saturated carbocycles. The van der Waals surface area contributed by atoms with Gasteiger partial charge < -0.3 is 19.4 Å². The standard InChI is InChI=1S/C18H31N3O4/c1-18(2,3)21-13-14(12-16(21)23)17(24)20-8-5-7-19(9-10-20)15(22)6-11-25-4/h14H,5-13H2,1-4H3. The summed E-state index contributed by atoms with van der Waals surface area (Å²) in [6, 6.07) is 0. The predicted molar refractivity (Wildman–Crippen MR) is 93.8 cm³/mol. The van der Waals surface area contributed by atoms with Crippen LogP contribution in [0.2, 0.25) is 0 Å². The van der Waals surface area contributed by atoms with E-state index in [9.17, 15) is 14.4 Å². The van der Waals surface area contributed by atoms with Crippen molar-refractivity contribution < 1.29 is 19.1 Å². The Kier molecular flexibility index (Phi) is 6.43. The van der Waals surface area contributed by atoms with E-state index >= 15 is 0 Å². The van der Waals surface area contributed by atoms with Crippen LogP contribution in [-0.4, -0.2) is 84.4 Å². The third-order valence-corrected chi connectivity index (χ3v) is 4.96. The molecule has 1 atom stereocenters. The van der Waals surface area contributed by atoms with E-state index in [1.54, 1.807) is 12.0 Å². The Bertz CT molecular complexity index is 515. The summed E-state index contributed by atoms with van der Waals surface area (Å²) >= 11 is 0. The molecule has 0 radical (unpaired) electrons. The van der Waals surface area contributed by atoms with Crippen LogP contribution >= 0.6 is 0 Å². The second kappa shape index (κ2) is 8.17. The lowest BCUT2D eigenvalue weighted by Gasteiger charge is -2.32. The highest BCUT2D eigenvalue weighted by molar-refractivity contribution is 5.89. The summed E-state index contributed by atoms with van der Waals surface area (Å²) in [5.41, 5.74) is -0.254. The summed E-state index contributed by atoms with van der Waals surface area (Å²) in [5.74, 6) is -0.0862. The van der Waals surface area contributed by atoms with Gasteiger partial charge in [-0.2, -0.15) is 0 Å². The number of methoxy groups -OCH3 is 1. The lowest BCUT2D eigenvalue weighted by atomic mass is 10.1. The molecule has 0 aromatic heterocycles. The van der Waals surface area contributed by atoms with E-state index in [2.05, 4.69) is 0 Å². The summed E-state index contributed by atoms with van der Waals surface area (Å²) in [5, 5.41) is 0. The summed E-state index contributed by atoms with van der Waals surface area (Å²) in [6.07, 6.45) is 1.44. The molecule has 0 spiro atoms. The number of likely N-dealkylation sites (tertiary alicyclic amines) is 1. The fourth-order valence-corrected chi connectivity index (χ4v) is 3.51. The number of carbonyl (C=O) groups is 3. The highest BCUT2D eigenvalue weighted by Gasteiger charge is 2.41. The molecular weight excluding hydrogens is 322 g/mol. The molecule has 0 aliphatic carbocycles. The zero-order valence-corrected chi connectivity index (χ0v) is 15.9. The van der Waals surface area contributed by atoms with Crippen LogP contribution in [0.4, 0.5) is 0 Å². The fourth-order valence-electron chi connectivity index (χ4n) is 3.51. The van der Waals surface area contributed by atoms with Crippen LogP contribution in [0.5, 0.6) is 0 Å². The largest absolute Gasteiger partial charge is 0.384 e. The lowest BCUT2D eigenvalue weighted by Crippen LogP contribution is -2.44. The molecule has 142 valence electrons. The van der Waals surface area contributed by atoms with Crippen molar-refractivity contribution in [3.63, 3.8) is 0 Å². The molecule has 0 bridgehead atoms. The first-order chi connectivity index (χ1) is 11.7. The molecule has 3 amide bonds. The van der Waals surface area contributed by atoms with Crippen molar-refractivity contribution in [3.8, 4) is 0 Å². The minimum atomic E-state index is -0.262. The van der Waals surface area contributed by atoms with Gasteiger partial charge in [0.25, 0.3) is 0 Å².